The summed E-state index contributed by atoms with van der Waals surface area (Å²) in [5.74, 6) is 0. The average molecular weight is 384 g/mol. The Morgan fingerprint density at radius 1 is 0.963 bits per heavy atom. The van der Waals surface area contributed by atoms with Gasteiger partial charge in [-0.05, 0) is 61.1 Å². The Bertz CT molecular complexity index is 1010. The summed E-state index contributed by atoms with van der Waals surface area (Å²) in [5.41, 5.74) is 5.65. The van der Waals surface area contributed by atoms with Crippen LogP contribution in [0.2, 0.25) is 0 Å². The third kappa shape index (κ3) is 4.28. The molecule has 1 N–H and O–H groups in total. The largest absolute Gasteiger partial charge is 0.333 e. The zero-order valence-corrected chi connectivity index (χ0v) is 17.0. The molecule has 5 nitrogen and oxygen atoms in total. The zero-order chi connectivity index (χ0) is 19.6. The highest BCUT2D eigenvalue weighted by molar-refractivity contribution is 7.89. The van der Waals surface area contributed by atoms with Crippen molar-refractivity contribution in [3.63, 3.8) is 0 Å². The summed E-state index contributed by atoms with van der Waals surface area (Å²) in [7, 11) is -3.58. The average Bonchev–Trinajstić information content (AvgIpc) is 3.12. The lowest BCUT2D eigenvalue weighted by molar-refractivity contribution is 0.579. The van der Waals surface area contributed by atoms with E-state index >= 15 is 0 Å². The fraction of sp³-hybridized carbons (Fsp3) is 0.286. The minimum Gasteiger partial charge on any atom is -0.333 e. The Labute approximate surface area is 161 Å². The molecule has 3 aromatic rings. The summed E-state index contributed by atoms with van der Waals surface area (Å²) in [6, 6.07) is 9.96. The van der Waals surface area contributed by atoms with Crippen molar-refractivity contribution in [3.05, 3.63) is 82.4 Å². The first-order valence-electron chi connectivity index (χ1n) is 8.88. The maximum absolute atomic E-state index is 12.9. The monoisotopic (exact) mass is 383 g/mol. The molecule has 0 aliphatic rings. The number of sulfonamides is 1. The lowest BCUT2D eigenvalue weighted by Gasteiger charge is -2.16. The van der Waals surface area contributed by atoms with Crippen LogP contribution >= 0.6 is 0 Å². The Morgan fingerprint density at radius 3 is 2.11 bits per heavy atom. The normalized spacial score (nSPS) is 11.7. The number of rotatable bonds is 6. The molecule has 0 saturated carbocycles. The van der Waals surface area contributed by atoms with E-state index in [1.54, 1.807) is 12.5 Å². The number of nitrogens with zero attached hydrogens (tertiary/aromatic N) is 2. The SMILES string of the molecule is Cc1cc(C)c(C)c(S(=O)(=O)NCc2ccc(Cn3ccnc3)cc2)c1C. The molecule has 0 aliphatic heterocycles. The van der Waals surface area contributed by atoms with Crippen molar-refractivity contribution in [2.24, 2.45) is 0 Å². The van der Waals surface area contributed by atoms with Gasteiger partial charge in [0.2, 0.25) is 10.0 Å². The van der Waals surface area contributed by atoms with Gasteiger partial charge < -0.3 is 4.57 Å². The Morgan fingerprint density at radius 2 is 1.56 bits per heavy atom. The van der Waals surface area contributed by atoms with Crippen molar-refractivity contribution >= 4 is 10.0 Å². The standard InChI is InChI=1S/C21H25N3O2S/c1-15-11-16(2)18(4)21(17(15)3)27(25,26)23-12-19-5-7-20(8-6-19)13-24-10-9-22-14-24/h5-11,14,23H,12-13H2,1-4H3. The minimum absolute atomic E-state index is 0.263. The molecule has 0 saturated heterocycles. The number of aromatic nitrogens is 2. The molecule has 0 fully saturated rings. The molecular weight excluding hydrogens is 358 g/mol. The summed E-state index contributed by atoms with van der Waals surface area (Å²) in [6.45, 7) is 8.62. The molecule has 27 heavy (non-hydrogen) atoms. The van der Waals surface area contributed by atoms with Crippen LogP contribution in [0.1, 0.15) is 33.4 Å². The van der Waals surface area contributed by atoms with Gasteiger partial charge >= 0.3 is 0 Å². The fourth-order valence-corrected chi connectivity index (χ4v) is 4.82. The first-order chi connectivity index (χ1) is 12.8. The molecule has 0 atom stereocenters. The van der Waals surface area contributed by atoms with E-state index in [0.717, 1.165) is 39.9 Å². The number of hydrogen-bond acceptors (Lipinski definition) is 3. The quantitative estimate of drug-likeness (QED) is 0.707. The molecule has 0 amide bonds. The van der Waals surface area contributed by atoms with Crippen LogP contribution in [0.15, 0.2) is 53.9 Å². The van der Waals surface area contributed by atoms with Gasteiger partial charge in [-0.25, -0.2) is 18.1 Å². The van der Waals surface area contributed by atoms with Crippen LogP contribution in [-0.4, -0.2) is 18.0 Å². The maximum atomic E-state index is 12.9. The van der Waals surface area contributed by atoms with Gasteiger partial charge in [0.1, 0.15) is 0 Å². The van der Waals surface area contributed by atoms with Gasteiger partial charge in [0.25, 0.3) is 0 Å². The van der Waals surface area contributed by atoms with E-state index < -0.39 is 10.0 Å². The molecule has 142 valence electrons. The summed E-state index contributed by atoms with van der Waals surface area (Å²) in [4.78, 5) is 4.43. The summed E-state index contributed by atoms with van der Waals surface area (Å²) in [6.07, 6.45) is 5.44. The molecule has 1 heterocycles. The van der Waals surface area contributed by atoms with Crippen molar-refractivity contribution < 1.29 is 8.42 Å². The molecule has 0 spiro atoms. The molecule has 0 unspecified atom stereocenters. The Kier molecular flexibility index (Phi) is 5.48. The topological polar surface area (TPSA) is 64.0 Å². The second-order valence-electron chi connectivity index (χ2n) is 6.97. The summed E-state index contributed by atoms with van der Waals surface area (Å²) >= 11 is 0. The minimum atomic E-state index is -3.58. The second kappa shape index (κ2) is 7.66. The molecule has 0 radical (unpaired) electrons. The second-order valence-corrected chi connectivity index (χ2v) is 8.67. The number of hydrogen-bond donors (Lipinski definition) is 1. The molecule has 0 bridgehead atoms. The first-order valence-corrected chi connectivity index (χ1v) is 10.4. The van der Waals surface area contributed by atoms with Crippen molar-refractivity contribution in [3.8, 4) is 0 Å². The van der Waals surface area contributed by atoms with Gasteiger partial charge in [0.05, 0.1) is 11.2 Å². The Hall–Kier alpha value is -2.44. The predicted octanol–water partition coefficient (Wildman–Crippen LogP) is 3.64. The highest BCUT2D eigenvalue weighted by atomic mass is 32.2. The summed E-state index contributed by atoms with van der Waals surface area (Å²) < 4.78 is 30.6. The van der Waals surface area contributed by atoms with Crippen LogP contribution in [-0.2, 0) is 23.1 Å². The number of benzene rings is 2. The van der Waals surface area contributed by atoms with E-state index in [4.69, 9.17) is 0 Å². The summed E-state index contributed by atoms with van der Waals surface area (Å²) in [5, 5.41) is 0. The highest BCUT2D eigenvalue weighted by Crippen LogP contribution is 2.26. The van der Waals surface area contributed by atoms with E-state index in [0.29, 0.717) is 4.90 Å². The lowest BCUT2D eigenvalue weighted by Crippen LogP contribution is -2.25. The van der Waals surface area contributed by atoms with Crippen LogP contribution in [0.5, 0.6) is 0 Å². The molecule has 6 heteroatoms. The van der Waals surface area contributed by atoms with Crippen molar-refractivity contribution in [1.82, 2.24) is 14.3 Å². The first kappa shape index (κ1) is 19.3. The van der Waals surface area contributed by atoms with Crippen LogP contribution in [0.4, 0.5) is 0 Å². The van der Waals surface area contributed by atoms with E-state index in [1.807, 2.05) is 68.8 Å². The Balaban J connectivity index is 1.74. The third-order valence-electron chi connectivity index (χ3n) is 4.98. The number of imidazole rings is 1. The van der Waals surface area contributed by atoms with Gasteiger partial charge in [0, 0.05) is 25.5 Å². The number of aryl methyl sites for hydroxylation is 2. The predicted molar refractivity (Wildman–Crippen MR) is 107 cm³/mol. The molecule has 0 aliphatic carbocycles. The smallest absolute Gasteiger partial charge is 0.241 e. The van der Waals surface area contributed by atoms with Crippen LogP contribution in [0, 0.1) is 27.7 Å². The molecule has 2 aromatic carbocycles. The van der Waals surface area contributed by atoms with Gasteiger partial charge in [0.15, 0.2) is 0 Å². The van der Waals surface area contributed by atoms with E-state index in [9.17, 15) is 8.42 Å². The van der Waals surface area contributed by atoms with Crippen LogP contribution < -0.4 is 4.72 Å². The van der Waals surface area contributed by atoms with Gasteiger partial charge in [-0.15, -0.1) is 0 Å². The van der Waals surface area contributed by atoms with Crippen molar-refractivity contribution in [2.45, 2.75) is 45.7 Å². The van der Waals surface area contributed by atoms with E-state index in [2.05, 4.69) is 9.71 Å². The highest BCUT2D eigenvalue weighted by Gasteiger charge is 2.21. The molecular formula is C21H25N3O2S. The van der Waals surface area contributed by atoms with Crippen molar-refractivity contribution in [2.75, 3.05) is 0 Å². The van der Waals surface area contributed by atoms with Gasteiger partial charge in [-0.1, -0.05) is 30.3 Å². The molecule has 1 aromatic heterocycles. The lowest BCUT2D eigenvalue weighted by atomic mass is 10.0. The maximum Gasteiger partial charge on any atom is 0.241 e. The van der Waals surface area contributed by atoms with E-state index in [-0.39, 0.29) is 6.54 Å². The van der Waals surface area contributed by atoms with E-state index in [1.165, 1.54) is 0 Å². The van der Waals surface area contributed by atoms with Crippen molar-refractivity contribution in [1.29, 1.82) is 0 Å². The van der Waals surface area contributed by atoms with Gasteiger partial charge in [-0.3, -0.25) is 0 Å². The molecule has 3 rings (SSSR count). The number of nitrogens with one attached hydrogen (secondary N) is 1. The van der Waals surface area contributed by atoms with Gasteiger partial charge in [-0.2, -0.15) is 0 Å². The third-order valence-corrected chi connectivity index (χ3v) is 6.65. The van der Waals surface area contributed by atoms with Crippen LogP contribution in [0.25, 0.3) is 0 Å². The zero-order valence-electron chi connectivity index (χ0n) is 16.2. The fourth-order valence-electron chi connectivity index (χ4n) is 3.19. The van der Waals surface area contributed by atoms with Crippen LogP contribution in [0.3, 0.4) is 0 Å².